The molecule has 0 rings (SSSR count). The lowest BCUT2D eigenvalue weighted by molar-refractivity contribution is -0.123. The zero-order valence-electron chi connectivity index (χ0n) is 9.70. The summed E-state index contributed by atoms with van der Waals surface area (Å²) in [6.45, 7) is -0.639. The van der Waals surface area contributed by atoms with Crippen LogP contribution in [0.25, 0.3) is 0 Å². The molecule has 0 aliphatic heterocycles. The van der Waals surface area contributed by atoms with E-state index in [4.69, 9.17) is 0 Å². The Morgan fingerprint density at radius 2 is 1.83 bits per heavy atom. The van der Waals surface area contributed by atoms with Crippen LogP contribution >= 0.6 is 11.8 Å². The van der Waals surface area contributed by atoms with E-state index in [0.717, 1.165) is 0 Å². The van der Waals surface area contributed by atoms with Crippen LogP contribution in [0.15, 0.2) is 0 Å². The molecule has 0 aliphatic rings. The summed E-state index contributed by atoms with van der Waals surface area (Å²) in [5.41, 5.74) is 0. The Morgan fingerprint density at radius 1 is 1.28 bits per heavy atom. The minimum Gasteiger partial charge on any atom is -0.287 e. The second-order valence-corrected chi connectivity index (χ2v) is 4.90. The van der Waals surface area contributed by atoms with Crippen LogP contribution in [0, 0.1) is 0 Å². The van der Waals surface area contributed by atoms with Crippen LogP contribution < -0.4 is 0 Å². The number of alkyl halides is 6. The normalized spacial score (nSPS) is 14.6. The molecule has 0 N–H and O–H groups in total. The summed E-state index contributed by atoms with van der Waals surface area (Å²) in [5.74, 6) is -8.43. The number of hydrogen-bond acceptors (Lipinski definition) is 2. The van der Waals surface area contributed by atoms with Crippen LogP contribution in [0.5, 0.6) is 0 Å². The first-order chi connectivity index (χ1) is 8.14. The molecule has 8 heteroatoms. The van der Waals surface area contributed by atoms with Gasteiger partial charge in [-0.2, -0.15) is 0 Å². The number of halogens is 6. The minimum atomic E-state index is -4.09. The second kappa shape index (κ2) is 7.25. The third-order valence-corrected chi connectivity index (χ3v) is 3.14. The first-order valence-electron chi connectivity index (χ1n) is 5.26. The van der Waals surface area contributed by atoms with Gasteiger partial charge in [0.05, 0.1) is 6.42 Å². The minimum absolute atomic E-state index is 0.148. The standard InChI is InChI=1S/C10H14F6OS/c1-2-8(17)18-4-3-10(15,16)7(12)5-9(13,14)6-11/h7H,2-6H2,1H3. The molecule has 0 saturated carbocycles. The molecular formula is C10H14F6OS. The average Bonchev–Trinajstić information content (AvgIpc) is 2.28. The Morgan fingerprint density at radius 3 is 2.28 bits per heavy atom. The van der Waals surface area contributed by atoms with Gasteiger partial charge in [0.25, 0.3) is 11.8 Å². The molecule has 0 amide bonds. The summed E-state index contributed by atoms with van der Waals surface area (Å²) < 4.78 is 75.7. The van der Waals surface area contributed by atoms with E-state index in [0.29, 0.717) is 11.8 Å². The van der Waals surface area contributed by atoms with E-state index in [9.17, 15) is 31.1 Å². The molecule has 1 unspecified atom stereocenters. The zero-order valence-corrected chi connectivity index (χ0v) is 10.5. The van der Waals surface area contributed by atoms with E-state index < -0.39 is 37.5 Å². The molecule has 1 atom stereocenters. The summed E-state index contributed by atoms with van der Waals surface area (Å²) in [6, 6.07) is 0. The fourth-order valence-corrected chi connectivity index (χ4v) is 1.83. The van der Waals surface area contributed by atoms with Crippen molar-refractivity contribution in [3.05, 3.63) is 0 Å². The average molecular weight is 296 g/mol. The van der Waals surface area contributed by atoms with Crippen molar-refractivity contribution in [3.8, 4) is 0 Å². The molecule has 0 radical (unpaired) electrons. The van der Waals surface area contributed by atoms with E-state index >= 15 is 0 Å². The lowest BCUT2D eigenvalue weighted by Crippen LogP contribution is -2.36. The first-order valence-corrected chi connectivity index (χ1v) is 6.24. The molecule has 0 aromatic rings. The van der Waals surface area contributed by atoms with Crippen LogP contribution in [0.4, 0.5) is 26.3 Å². The highest BCUT2D eigenvalue weighted by Crippen LogP contribution is 2.34. The largest absolute Gasteiger partial charge is 0.287 e. The first kappa shape index (κ1) is 17.6. The quantitative estimate of drug-likeness (QED) is 0.629. The summed E-state index contributed by atoms with van der Waals surface area (Å²) >= 11 is 0.597. The van der Waals surface area contributed by atoms with Gasteiger partial charge < -0.3 is 0 Å². The number of rotatable bonds is 8. The molecule has 0 aromatic carbocycles. The Labute approximate surface area is 105 Å². The lowest BCUT2D eigenvalue weighted by Gasteiger charge is -2.23. The van der Waals surface area contributed by atoms with Crippen LogP contribution in [-0.4, -0.2) is 35.6 Å². The molecular weight excluding hydrogens is 282 g/mol. The van der Waals surface area contributed by atoms with Crippen molar-refractivity contribution in [1.29, 1.82) is 0 Å². The predicted molar refractivity (Wildman–Crippen MR) is 57.8 cm³/mol. The fraction of sp³-hybridized carbons (Fsp3) is 0.900. The molecule has 1 nitrogen and oxygen atoms in total. The van der Waals surface area contributed by atoms with Gasteiger partial charge in [-0.3, -0.25) is 4.79 Å². The Balaban J connectivity index is 4.22. The van der Waals surface area contributed by atoms with Gasteiger partial charge in [0, 0.05) is 18.6 Å². The number of carbonyl (C=O) groups is 1. The number of carbonyl (C=O) groups excluding carboxylic acids is 1. The molecule has 108 valence electrons. The maximum Gasteiger partial charge on any atom is 0.279 e. The van der Waals surface area contributed by atoms with E-state index in [1.807, 2.05) is 0 Å². The van der Waals surface area contributed by atoms with Gasteiger partial charge in [-0.25, -0.2) is 26.3 Å². The van der Waals surface area contributed by atoms with E-state index in [2.05, 4.69) is 0 Å². The Bertz CT molecular complexity index is 271. The predicted octanol–water partition coefficient (Wildman–Crippen LogP) is 4.01. The zero-order chi connectivity index (χ0) is 14.4. The summed E-state index contributed by atoms with van der Waals surface area (Å²) in [5, 5.41) is -0.338. The molecule has 0 aromatic heterocycles. The third kappa shape index (κ3) is 6.51. The van der Waals surface area contributed by atoms with Gasteiger partial charge in [-0.15, -0.1) is 0 Å². The molecule has 18 heavy (non-hydrogen) atoms. The van der Waals surface area contributed by atoms with Gasteiger partial charge >= 0.3 is 0 Å². The number of hydrogen-bond donors (Lipinski definition) is 0. The van der Waals surface area contributed by atoms with Crippen molar-refractivity contribution < 1.29 is 31.1 Å². The SMILES string of the molecule is CCC(=O)SCCC(F)(F)C(F)CC(F)(F)CF. The second-order valence-electron chi connectivity index (χ2n) is 3.75. The monoisotopic (exact) mass is 296 g/mol. The van der Waals surface area contributed by atoms with Crippen LogP contribution in [0.3, 0.4) is 0 Å². The summed E-state index contributed by atoms with van der Waals surface area (Å²) in [4.78, 5) is 10.8. The summed E-state index contributed by atoms with van der Waals surface area (Å²) in [6.07, 6.45) is -5.87. The van der Waals surface area contributed by atoms with Gasteiger partial charge in [-0.05, 0) is 0 Å². The highest BCUT2D eigenvalue weighted by atomic mass is 32.2. The summed E-state index contributed by atoms with van der Waals surface area (Å²) in [7, 11) is 0. The maximum atomic E-state index is 13.1. The smallest absolute Gasteiger partial charge is 0.279 e. The van der Waals surface area contributed by atoms with Crippen molar-refractivity contribution >= 4 is 16.9 Å². The van der Waals surface area contributed by atoms with Gasteiger partial charge in [0.2, 0.25) is 0 Å². The van der Waals surface area contributed by atoms with Crippen molar-refractivity contribution in [2.24, 2.45) is 0 Å². The Kier molecular flexibility index (Phi) is 7.09. The van der Waals surface area contributed by atoms with E-state index in [1.165, 1.54) is 6.92 Å². The molecule has 0 bridgehead atoms. The molecule has 0 heterocycles. The van der Waals surface area contributed by atoms with E-state index in [1.54, 1.807) is 0 Å². The van der Waals surface area contributed by atoms with Gasteiger partial charge in [0.15, 0.2) is 18.0 Å². The third-order valence-electron chi connectivity index (χ3n) is 2.12. The van der Waals surface area contributed by atoms with E-state index in [-0.39, 0.29) is 17.3 Å². The molecule has 0 fully saturated rings. The van der Waals surface area contributed by atoms with Crippen molar-refractivity contribution in [1.82, 2.24) is 0 Å². The fourth-order valence-electron chi connectivity index (χ4n) is 1.03. The van der Waals surface area contributed by atoms with Crippen LogP contribution in [0.2, 0.25) is 0 Å². The van der Waals surface area contributed by atoms with Crippen molar-refractivity contribution in [2.75, 3.05) is 12.4 Å². The van der Waals surface area contributed by atoms with Crippen molar-refractivity contribution in [3.63, 3.8) is 0 Å². The molecule has 0 spiro atoms. The highest BCUT2D eigenvalue weighted by Gasteiger charge is 2.46. The Hall–Kier alpha value is -0.400. The van der Waals surface area contributed by atoms with Crippen LogP contribution in [-0.2, 0) is 4.79 Å². The van der Waals surface area contributed by atoms with Crippen LogP contribution in [0.1, 0.15) is 26.2 Å². The highest BCUT2D eigenvalue weighted by molar-refractivity contribution is 8.13. The lowest BCUT2D eigenvalue weighted by atomic mass is 10.1. The molecule has 0 saturated heterocycles. The topological polar surface area (TPSA) is 17.1 Å². The van der Waals surface area contributed by atoms with Crippen molar-refractivity contribution in [2.45, 2.75) is 44.2 Å². The number of thioether (sulfide) groups is 1. The maximum absolute atomic E-state index is 13.1. The van der Waals surface area contributed by atoms with Gasteiger partial charge in [0.1, 0.15) is 0 Å². The van der Waals surface area contributed by atoms with Gasteiger partial charge in [-0.1, -0.05) is 18.7 Å². The molecule has 0 aliphatic carbocycles.